The van der Waals surface area contributed by atoms with Crippen LogP contribution in [0, 0.1) is 11.3 Å². The molecule has 0 spiro atoms. The number of halogens is 3. The summed E-state index contributed by atoms with van der Waals surface area (Å²) in [6.07, 6.45) is -1.50. The van der Waals surface area contributed by atoms with Crippen LogP contribution in [-0.4, -0.2) is 11.3 Å². The van der Waals surface area contributed by atoms with Gasteiger partial charge in [0.05, 0.1) is 5.56 Å². The molecule has 78 valence electrons. The van der Waals surface area contributed by atoms with Crippen LogP contribution >= 0.6 is 11.6 Å². The van der Waals surface area contributed by atoms with Gasteiger partial charge in [-0.1, -0.05) is 0 Å². The number of rotatable bonds is 3. The summed E-state index contributed by atoms with van der Waals surface area (Å²) >= 11 is 5.46. The maximum absolute atomic E-state index is 12.6. The number of alkyl halides is 3. The van der Waals surface area contributed by atoms with Gasteiger partial charge >= 0.3 is 0 Å². The molecule has 0 unspecified atom stereocenters. The lowest BCUT2D eigenvalue weighted by Crippen LogP contribution is -2.04. The van der Waals surface area contributed by atoms with Gasteiger partial charge in [0.25, 0.3) is 6.43 Å². The number of aldehydes is 1. The molecule has 0 aromatic carbocycles. The zero-order chi connectivity index (χ0) is 11.4. The third kappa shape index (κ3) is 2.10. The van der Waals surface area contributed by atoms with Crippen LogP contribution in [0.2, 0.25) is 0 Å². The third-order valence-corrected chi connectivity index (χ3v) is 2.11. The van der Waals surface area contributed by atoms with Crippen LogP contribution in [0.4, 0.5) is 8.78 Å². The van der Waals surface area contributed by atoms with Crippen molar-refractivity contribution < 1.29 is 13.6 Å². The zero-order valence-corrected chi connectivity index (χ0v) is 8.13. The minimum absolute atomic E-state index is 0.105. The SMILES string of the molecule is N#Cc1ncc(CCl)c(C=O)c1C(F)F. The molecule has 1 aromatic heterocycles. The molecule has 6 heteroatoms. The maximum atomic E-state index is 12.6. The largest absolute Gasteiger partial charge is 0.298 e. The lowest BCUT2D eigenvalue weighted by molar-refractivity contribution is 0.110. The highest BCUT2D eigenvalue weighted by atomic mass is 35.5. The van der Waals surface area contributed by atoms with Crippen molar-refractivity contribution in [2.75, 3.05) is 0 Å². The average Bonchev–Trinajstić information content (AvgIpc) is 2.26. The second-order valence-corrected chi connectivity index (χ2v) is 2.89. The van der Waals surface area contributed by atoms with Crippen molar-refractivity contribution in [2.45, 2.75) is 12.3 Å². The standard InChI is InChI=1S/C9H5ClF2N2O/c10-1-5-3-14-7(2-13)8(9(11)12)6(5)4-15/h3-4,9H,1H2. The van der Waals surface area contributed by atoms with Crippen LogP contribution in [0.1, 0.15) is 33.6 Å². The molecule has 1 heterocycles. The molecule has 0 aliphatic carbocycles. The Balaban J connectivity index is 3.53. The Kier molecular flexibility index (Phi) is 3.69. The van der Waals surface area contributed by atoms with E-state index in [4.69, 9.17) is 16.9 Å². The summed E-state index contributed by atoms with van der Waals surface area (Å²) in [7, 11) is 0. The van der Waals surface area contributed by atoms with Crippen molar-refractivity contribution in [3.8, 4) is 6.07 Å². The van der Waals surface area contributed by atoms with Crippen molar-refractivity contribution in [2.24, 2.45) is 0 Å². The van der Waals surface area contributed by atoms with E-state index in [0.717, 1.165) is 6.20 Å². The van der Waals surface area contributed by atoms with E-state index in [0.29, 0.717) is 0 Å². The fraction of sp³-hybridized carbons (Fsp3) is 0.222. The Labute approximate surface area is 89.3 Å². The summed E-state index contributed by atoms with van der Waals surface area (Å²) in [5.41, 5.74) is -1.14. The lowest BCUT2D eigenvalue weighted by Gasteiger charge is -2.08. The number of hydrogen-bond donors (Lipinski definition) is 0. The number of carbonyl (C=O) groups is 1. The van der Waals surface area contributed by atoms with E-state index in [2.05, 4.69) is 4.98 Å². The van der Waals surface area contributed by atoms with Crippen molar-refractivity contribution in [3.05, 3.63) is 28.6 Å². The van der Waals surface area contributed by atoms with Crippen LogP contribution in [0.3, 0.4) is 0 Å². The Morgan fingerprint density at radius 2 is 2.33 bits per heavy atom. The predicted molar refractivity (Wildman–Crippen MR) is 48.9 cm³/mol. The van der Waals surface area contributed by atoms with E-state index in [1.54, 1.807) is 0 Å². The first kappa shape index (κ1) is 11.5. The van der Waals surface area contributed by atoms with E-state index >= 15 is 0 Å². The summed E-state index contributed by atoms with van der Waals surface area (Å²) in [6.45, 7) is 0. The highest BCUT2D eigenvalue weighted by molar-refractivity contribution is 6.17. The quantitative estimate of drug-likeness (QED) is 0.592. The van der Waals surface area contributed by atoms with Gasteiger partial charge in [-0.25, -0.2) is 13.8 Å². The van der Waals surface area contributed by atoms with Crippen LogP contribution in [0.15, 0.2) is 6.20 Å². The summed E-state index contributed by atoms with van der Waals surface area (Å²) in [5.74, 6) is -0.105. The monoisotopic (exact) mass is 230 g/mol. The second kappa shape index (κ2) is 4.80. The van der Waals surface area contributed by atoms with E-state index < -0.39 is 17.7 Å². The lowest BCUT2D eigenvalue weighted by atomic mass is 10.0. The van der Waals surface area contributed by atoms with Crippen molar-refractivity contribution in [1.29, 1.82) is 5.26 Å². The summed E-state index contributed by atoms with van der Waals surface area (Å²) < 4.78 is 25.2. The number of pyridine rings is 1. The van der Waals surface area contributed by atoms with Crippen molar-refractivity contribution in [1.82, 2.24) is 4.98 Å². The van der Waals surface area contributed by atoms with Crippen LogP contribution < -0.4 is 0 Å². The van der Waals surface area contributed by atoms with Crippen molar-refractivity contribution >= 4 is 17.9 Å². The van der Waals surface area contributed by atoms with Crippen LogP contribution in [0.25, 0.3) is 0 Å². The number of nitrogens with zero attached hydrogens (tertiary/aromatic N) is 2. The minimum Gasteiger partial charge on any atom is -0.298 e. The molecule has 0 amide bonds. The molecule has 0 fully saturated rings. The number of hydrogen-bond acceptors (Lipinski definition) is 3. The molecule has 0 radical (unpaired) electrons. The van der Waals surface area contributed by atoms with Gasteiger partial charge in [0.1, 0.15) is 11.8 Å². The highest BCUT2D eigenvalue weighted by Crippen LogP contribution is 2.27. The van der Waals surface area contributed by atoms with Gasteiger partial charge in [-0.15, -0.1) is 11.6 Å². The zero-order valence-electron chi connectivity index (χ0n) is 7.38. The summed E-state index contributed by atoms with van der Waals surface area (Å²) in [4.78, 5) is 14.2. The molecule has 1 aromatic rings. The van der Waals surface area contributed by atoms with Gasteiger partial charge in [-0.2, -0.15) is 5.26 Å². The fourth-order valence-electron chi connectivity index (χ4n) is 1.14. The first-order valence-corrected chi connectivity index (χ1v) is 4.40. The Morgan fingerprint density at radius 3 is 2.73 bits per heavy atom. The molecule has 0 atom stereocenters. The minimum atomic E-state index is -2.92. The molecule has 0 saturated heterocycles. The van der Waals surface area contributed by atoms with Gasteiger partial charge in [-0.05, 0) is 5.56 Å². The molecule has 0 aliphatic heterocycles. The second-order valence-electron chi connectivity index (χ2n) is 2.62. The van der Waals surface area contributed by atoms with E-state index in [9.17, 15) is 13.6 Å². The molecule has 3 nitrogen and oxygen atoms in total. The van der Waals surface area contributed by atoms with Gasteiger partial charge in [0.2, 0.25) is 0 Å². The first-order chi connectivity index (χ1) is 7.15. The fourth-order valence-corrected chi connectivity index (χ4v) is 1.35. The van der Waals surface area contributed by atoms with Gasteiger partial charge in [0.15, 0.2) is 6.29 Å². The van der Waals surface area contributed by atoms with Crippen LogP contribution in [0.5, 0.6) is 0 Å². The molecule has 0 bridgehead atoms. The highest BCUT2D eigenvalue weighted by Gasteiger charge is 2.21. The third-order valence-electron chi connectivity index (χ3n) is 1.83. The summed E-state index contributed by atoms with van der Waals surface area (Å²) in [5, 5.41) is 8.56. The first-order valence-electron chi connectivity index (χ1n) is 3.86. The van der Waals surface area contributed by atoms with E-state index in [1.165, 1.54) is 6.07 Å². The predicted octanol–water partition coefficient (Wildman–Crippen LogP) is 2.44. The van der Waals surface area contributed by atoms with Gasteiger partial charge in [0, 0.05) is 17.6 Å². The molecule has 0 saturated carbocycles. The molecular weight excluding hydrogens is 226 g/mol. The van der Waals surface area contributed by atoms with E-state index in [-0.39, 0.29) is 23.3 Å². The Bertz CT molecular complexity index is 429. The molecule has 1 rings (SSSR count). The van der Waals surface area contributed by atoms with Crippen molar-refractivity contribution in [3.63, 3.8) is 0 Å². The number of carbonyl (C=O) groups excluding carboxylic acids is 1. The molecular formula is C9H5ClF2N2O. The number of nitriles is 1. The maximum Gasteiger partial charge on any atom is 0.267 e. The molecule has 0 aliphatic rings. The smallest absolute Gasteiger partial charge is 0.267 e. The molecule has 0 N–H and O–H groups in total. The van der Waals surface area contributed by atoms with Gasteiger partial charge < -0.3 is 0 Å². The normalized spacial score (nSPS) is 10.1. The Hall–Kier alpha value is -1.54. The summed E-state index contributed by atoms with van der Waals surface area (Å²) in [6, 6.07) is 1.51. The average molecular weight is 231 g/mol. The van der Waals surface area contributed by atoms with E-state index in [1.807, 2.05) is 0 Å². The topological polar surface area (TPSA) is 53.8 Å². The van der Waals surface area contributed by atoms with Crippen LogP contribution in [-0.2, 0) is 5.88 Å². The Morgan fingerprint density at radius 1 is 1.67 bits per heavy atom. The van der Waals surface area contributed by atoms with Gasteiger partial charge in [-0.3, -0.25) is 4.79 Å². The molecule has 15 heavy (non-hydrogen) atoms. The number of aromatic nitrogens is 1.